The van der Waals surface area contributed by atoms with Crippen LogP contribution in [0.3, 0.4) is 0 Å². The van der Waals surface area contributed by atoms with Gasteiger partial charge >= 0.3 is 0 Å². The largest absolute Gasteiger partial charge is 0.366 e. The van der Waals surface area contributed by atoms with E-state index in [-0.39, 0.29) is 42.3 Å². The van der Waals surface area contributed by atoms with Crippen molar-refractivity contribution in [2.24, 2.45) is 5.92 Å². The van der Waals surface area contributed by atoms with Crippen LogP contribution < -0.4 is 10.6 Å². The van der Waals surface area contributed by atoms with Crippen molar-refractivity contribution in [1.29, 1.82) is 0 Å². The molecule has 3 heterocycles. The smallest absolute Gasteiger partial charge is 0.251 e. The molecule has 1 aromatic rings. The molecule has 2 saturated carbocycles. The van der Waals surface area contributed by atoms with Crippen LogP contribution in [0.4, 0.5) is 0 Å². The number of hydrogen-bond donors (Lipinski definition) is 2. The van der Waals surface area contributed by atoms with E-state index in [1.807, 2.05) is 19.2 Å². The minimum atomic E-state index is -0.627. The predicted molar refractivity (Wildman–Crippen MR) is 149 cm³/mol. The van der Waals surface area contributed by atoms with Crippen molar-refractivity contribution in [2.45, 2.75) is 100 Å². The van der Waals surface area contributed by atoms with E-state index in [9.17, 15) is 14.4 Å². The average molecular weight is 537 g/mol. The van der Waals surface area contributed by atoms with Gasteiger partial charge in [-0.05, 0) is 88.2 Å². The predicted octanol–water partition coefficient (Wildman–Crippen LogP) is 2.86. The Bertz CT molecular complexity index is 1040. The third kappa shape index (κ3) is 5.40. The summed E-state index contributed by atoms with van der Waals surface area (Å²) >= 11 is 0. The molecule has 4 atom stereocenters. The zero-order chi connectivity index (χ0) is 26.9. The van der Waals surface area contributed by atoms with E-state index in [1.54, 1.807) is 4.90 Å². The zero-order valence-electron chi connectivity index (χ0n) is 23.3. The molecule has 5 fully saturated rings. The highest BCUT2D eigenvalue weighted by Crippen LogP contribution is 2.34. The van der Waals surface area contributed by atoms with Crippen molar-refractivity contribution >= 4 is 17.6 Å². The molecule has 6 rings (SSSR count). The number of likely N-dealkylation sites (N-methyl/N-ethyl adjacent to an activating group) is 1. The molecule has 0 radical (unpaired) electrons. The Morgan fingerprint density at radius 3 is 2.31 bits per heavy atom. The van der Waals surface area contributed by atoms with E-state index in [0.717, 1.165) is 38.1 Å². The maximum atomic E-state index is 14.0. The van der Waals surface area contributed by atoms with Crippen molar-refractivity contribution < 1.29 is 19.1 Å². The summed E-state index contributed by atoms with van der Waals surface area (Å²) in [6, 6.07) is 7.59. The van der Waals surface area contributed by atoms with Crippen molar-refractivity contribution in [3.63, 3.8) is 0 Å². The lowest BCUT2D eigenvalue weighted by atomic mass is 9.83. The van der Waals surface area contributed by atoms with Gasteiger partial charge in [0.15, 0.2) is 5.78 Å². The first-order chi connectivity index (χ1) is 19.0. The van der Waals surface area contributed by atoms with Crippen LogP contribution in [0.25, 0.3) is 0 Å². The van der Waals surface area contributed by atoms with Crippen molar-refractivity contribution in [1.82, 2.24) is 20.4 Å². The van der Waals surface area contributed by atoms with Gasteiger partial charge in [-0.3, -0.25) is 14.4 Å². The van der Waals surface area contributed by atoms with E-state index < -0.39 is 12.1 Å². The summed E-state index contributed by atoms with van der Waals surface area (Å²) < 4.78 is 5.74. The molecule has 0 bridgehead atoms. The second-order valence-electron chi connectivity index (χ2n) is 12.4. The fourth-order valence-electron chi connectivity index (χ4n) is 7.65. The third-order valence-corrected chi connectivity index (χ3v) is 10.3. The van der Waals surface area contributed by atoms with Crippen LogP contribution in [0.5, 0.6) is 0 Å². The monoisotopic (exact) mass is 536 g/mol. The molecule has 8 heteroatoms. The molecule has 39 heavy (non-hydrogen) atoms. The number of amides is 2. The molecule has 2 aliphatic carbocycles. The van der Waals surface area contributed by atoms with E-state index in [0.29, 0.717) is 18.0 Å². The molecular formula is C31H44N4O4. The molecule has 3 aliphatic heterocycles. The van der Waals surface area contributed by atoms with E-state index >= 15 is 0 Å². The molecular weight excluding hydrogens is 492 g/mol. The standard InChI is InChI=1S/C31H44N4O4/c1-32-25-18-35(28-26(36)19-39-29(25)28)31(38)27(22-6-3-2-4-7-22)33-30(37)23-12-10-20(11-13-23)21-14-16-34(17-15-21)24-8-5-9-24/h10-13,21-22,24-25,27-29,32H,2-9,14-19H2,1H3,(H,33,37)/t25-,27-,28+,29+/m0/s1. The van der Waals surface area contributed by atoms with Crippen molar-refractivity contribution in [3.05, 3.63) is 35.4 Å². The maximum absolute atomic E-state index is 14.0. The summed E-state index contributed by atoms with van der Waals surface area (Å²) in [5.74, 6) is 0.232. The summed E-state index contributed by atoms with van der Waals surface area (Å²) in [5.41, 5.74) is 1.90. The second-order valence-corrected chi connectivity index (χ2v) is 12.4. The van der Waals surface area contributed by atoms with Crippen LogP contribution in [0.2, 0.25) is 0 Å². The summed E-state index contributed by atoms with van der Waals surface area (Å²) in [4.78, 5) is 44.5. The van der Waals surface area contributed by atoms with E-state index in [1.165, 1.54) is 50.8 Å². The highest BCUT2D eigenvalue weighted by atomic mass is 16.5. The molecule has 1 aromatic carbocycles. The van der Waals surface area contributed by atoms with E-state index in [4.69, 9.17) is 4.74 Å². The van der Waals surface area contributed by atoms with Crippen LogP contribution in [-0.2, 0) is 14.3 Å². The first-order valence-corrected chi connectivity index (χ1v) is 15.3. The summed E-state index contributed by atoms with van der Waals surface area (Å²) in [6.07, 6.45) is 11.2. The number of nitrogens with zero attached hydrogens (tertiary/aromatic N) is 2. The number of nitrogens with one attached hydrogen (secondary N) is 2. The molecule has 2 N–H and O–H groups in total. The second kappa shape index (κ2) is 11.7. The summed E-state index contributed by atoms with van der Waals surface area (Å²) in [7, 11) is 1.84. The molecule has 0 aromatic heterocycles. The first kappa shape index (κ1) is 26.9. The minimum absolute atomic E-state index is 0.0453. The number of fused-ring (bicyclic) bond motifs is 1. The SMILES string of the molecule is CN[C@H]1CN(C(=O)[C@@H](NC(=O)c2ccc(C3CCN(C4CCC4)CC3)cc2)C2CCCCC2)[C@@H]2C(=O)CO[C@H]12. The van der Waals surface area contributed by atoms with Crippen LogP contribution in [0.15, 0.2) is 24.3 Å². The highest BCUT2D eigenvalue weighted by molar-refractivity contribution is 5.99. The third-order valence-electron chi connectivity index (χ3n) is 10.3. The molecule has 212 valence electrons. The van der Waals surface area contributed by atoms with Crippen LogP contribution in [-0.4, -0.2) is 91.0 Å². The van der Waals surface area contributed by atoms with Crippen LogP contribution in [0.1, 0.15) is 86.0 Å². The minimum Gasteiger partial charge on any atom is -0.366 e. The molecule has 5 aliphatic rings. The fourth-order valence-corrected chi connectivity index (χ4v) is 7.65. The Balaban J connectivity index is 1.13. The molecule has 0 spiro atoms. The lowest BCUT2D eigenvalue weighted by Crippen LogP contribution is -2.55. The van der Waals surface area contributed by atoms with Crippen LogP contribution >= 0.6 is 0 Å². The van der Waals surface area contributed by atoms with Gasteiger partial charge in [0.1, 0.15) is 24.8 Å². The Morgan fingerprint density at radius 2 is 1.67 bits per heavy atom. The molecule has 2 amide bonds. The van der Waals surface area contributed by atoms with Gasteiger partial charge in [-0.25, -0.2) is 0 Å². The van der Waals surface area contributed by atoms with Gasteiger partial charge in [0, 0.05) is 18.2 Å². The topological polar surface area (TPSA) is 91.0 Å². The van der Waals surface area contributed by atoms with Gasteiger partial charge in [0.2, 0.25) is 5.91 Å². The van der Waals surface area contributed by atoms with Gasteiger partial charge in [-0.15, -0.1) is 0 Å². The Kier molecular flexibility index (Phi) is 8.05. The van der Waals surface area contributed by atoms with Crippen molar-refractivity contribution in [3.8, 4) is 0 Å². The first-order valence-electron chi connectivity index (χ1n) is 15.3. The van der Waals surface area contributed by atoms with Crippen LogP contribution in [0, 0.1) is 5.92 Å². The van der Waals surface area contributed by atoms with Gasteiger partial charge in [0.25, 0.3) is 5.91 Å². The molecule has 0 unspecified atom stereocenters. The van der Waals surface area contributed by atoms with Gasteiger partial charge in [-0.2, -0.15) is 0 Å². The number of rotatable bonds is 7. The Morgan fingerprint density at radius 1 is 0.949 bits per heavy atom. The summed E-state index contributed by atoms with van der Waals surface area (Å²) in [5, 5.41) is 6.34. The Hall–Kier alpha value is -2.29. The van der Waals surface area contributed by atoms with Gasteiger partial charge < -0.3 is 25.2 Å². The van der Waals surface area contributed by atoms with E-state index in [2.05, 4.69) is 27.7 Å². The number of Topliss-reactive ketones (excluding diaryl/α,β-unsaturated/α-hetero) is 1. The number of ether oxygens (including phenoxy) is 1. The fraction of sp³-hybridized carbons (Fsp3) is 0.710. The average Bonchev–Trinajstić information content (AvgIpc) is 3.51. The summed E-state index contributed by atoms with van der Waals surface area (Å²) in [6.45, 7) is 2.81. The number of benzene rings is 1. The normalized spacial score (nSPS) is 29.7. The number of likely N-dealkylation sites (tertiary alicyclic amines) is 2. The molecule has 8 nitrogen and oxygen atoms in total. The zero-order valence-corrected chi connectivity index (χ0v) is 23.3. The number of carbonyl (C=O) groups is 3. The number of ketones is 1. The Labute approximate surface area is 232 Å². The number of carbonyl (C=O) groups excluding carboxylic acids is 3. The number of hydrogen-bond acceptors (Lipinski definition) is 6. The molecule has 3 saturated heterocycles. The van der Waals surface area contributed by atoms with Gasteiger partial charge in [-0.1, -0.05) is 37.8 Å². The highest BCUT2D eigenvalue weighted by Gasteiger charge is 2.53. The number of piperidine rings is 1. The quantitative estimate of drug-likeness (QED) is 0.557. The van der Waals surface area contributed by atoms with Gasteiger partial charge in [0.05, 0.1) is 6.04 Å². The van der Waals surface area contributed by atoms with Crippen molar-refractivity contribution in [2.75, 3.05) is 33.3 Å². The lowest BCUT2D eigenvalue weighted by Gasteiger charge is -2.42. The maximum Gasteiger partial charge on any atom is 0.251 e. The lowest BCUT2D eigenvalue weighted by molar-refractivity contribution is -0.139.